The minimum Gasteiger partial charge on any atom is -0.369 e. The Kier molecular flexibility index (Phi) is 9.53. The number of halogens is 2. The summed E-state index contributed by atoms with van der Waals surface area (Å²) in [6.45, 7) is 1.55. The largest absolute Gasteiger partial charge is 0.369 e. The van der Waals surface area contributed by atoms with Crippen LogP contribution in [-0.2, 0) is 14.6 Å². The molecule has 0 spiro atoms. The lowest BCUT2D eigenvalue weighted by Gasteiger charge is -2.35. The average molecular weight is 452 g/mol. The van der Waals surface area contributed by atoms with Crippen molar-refractivity contribution < 1.29 is 13.2 Å². The van der Waals surface area contributed by atoms with Gasteiger partial charge in [0.25, 0.3) is 0 Å². The standard InChI is InChI=1S/C19H29N3O3S.2ClH/c20-15-19(7-2-1-3-8-19)14-18(23)21-16-5-4-6-17(13-16)22-9-11-26(24,25)12-10-22;;/h4-6,13H,1-3,7-12,14-15,20H2,(H,21,23);2*1H. The van der Waals surface area contributed by atoms with Gasteiger partial charge < -0.3 is 16.0 Å². The van der Waals surface area contributed by atoms with E-state index < -0.39 is 9.84 Å². The molecule has 1 aromatic carbocycles. The van der Waals surface area contributed by atoms with E-state index in [1.54, 1.807) is 0 Å². The summed E-state index contributed by atoms with van der Waals surface area (Å²) in [5, 5.41) is 3.00. The van der Waals surface area contributed by atoms with E-state index >= 15 is 0 Å². The number of benzene rings is 1. The smallest absolute Gasteiger partial charge is 0.224 e. The molecule has 0 bridgehead atoms. The minimum absolute atomic E-state index is 0. The molecular weight excluding hydrogens is 421 g/mol. The molecule has 0 atom stereocenters. The first kappa shape index (κ1) is 25.0. The lowest BCUT2D eigenvalue weighted by atomic mass is 9.71. The summed E-state index contributed by atoms with van der Waals surface area (Å²) in [6, 6.07) is 7.65. The molecule has 2 fully saturated rings. The third-order valence-corrected chi connectivity index (χ3v) is 7.33. The van der Waals surface area contributed by atoms with Crippen LogP contribution in [-0.4, -0.2) is 45.5 Å². The van der Waals surface area contributed by atoms with Gasteiger partial charge in [-0.25, -0.2) is 8.42 Å². The quantitative estimate of drug-likeness (QED) is 0.717. The van der Waals surface area contributed by atoms with Gasteiger partial charge in [0, 0.05) is 30.9 Å². The highest BCUT2D eigenvalue weighted by Crippen LogP contribution is 2.38. The third kappa shape index (κ3) is 6.51. The Labute approximate surface area is 180 Å². The molecule has 2 aliphatic rings. The maximum Gasteiger partial charge on any atom is 0.224 e. The Morgan fingerprint density at radius 2 is 1.75 bits per heavy atom. The number of carbonyl (C=O) groups excluding carboxylic acids is 1. The van der Waals surface area contributed by atoms with Crippen LogP contribution in [0.25, 0.3) is 0 Å². The second-order valence-electron chi connectivity index (χ2n) is 7.68. The number of rotatable bonds is 5. The molecule has 1 amide bonds. The predicted octanol–water partition coefficient (Wildman–Crippen LogP) is 3.00. The van der Waals surface area contributed by atoms with Crippen LogP contribution in [0.15, 0.2) is 24.3 Å². The van der Waals surface area contributed by atoms with Crippen molar-refractivity contribution >= 4 is 51.9 Å². The van der Waals surface area contributed by atoms with Crippen molar-refractivity contribution in [2.45, 2.75) is 38.5 Å². The van der Waals surface area contributed by atoms with Crippen LogP contribution in [0.2, 0.25) is 0 Å². The van der Waals surface area contributed by atoms with Crippen LogP contribution < -0.4 is 16.0 Å². The lowest BCUT2D eigenvalue weighted by Crippen LogP contribution is -2.40. The van der Waals surface area contributed by atoms with E-state index in [1.165, 1.54) is 6.42 Å². The molecule has 9 heteroatoms. The van der Waals surface area contributed by atoms with Gasteiger partial charge in [-0.1, -0.05) is 25.3 Å². The first-order chi connectivity index (χ1) is 12.4. The van der Waals surface area contributed by atoms with E-state index in [-0.39, 0.29) is 47.6 Å². The number of nitrogens with zero attached hydrogens (tertiary/aromatic N) is 1. The molecule has 1 aliphatic heterocycles. The zero-order valence-corrected chi connectivity index (χ0v) is 18.5. The molecule has 0 aromatic heterocycles. The van der Waals surface area contributed by atoms with Gasteiger partial charge in [-0.2, -0.15) is 0 Å². The second-order valence-corrected chi connectivity index (χ2v) is 9.98. The summed E-state index contributed by atoms with van der Waals surface area (Å²) in [7, 11) is -2.90. The summed E-state index contributed by atoms with van der Waals surface area (Å²) in [4.78, 5) is 14.6. The van der Waals surface area contributed by atoms with E-state index in [0.717, 1.165) is 37.1 Å². The number of sulfone groups is 1. The minimum atomic E-state index is -2.90. The van der Waals surface area contributed by atoms with E-state index in [2.05, 4.69) is 10.2 Å². The average Bonchev–Trinajstić information content (AvgIpc) is 2.62. The van der Waals surface area contributed by atoms with Gasteiger partial charge in [-0.15, -0.1) is 24.8 Å². The normalized spacial score (nSPS) is 20.4. The van der Waals surface area contributed by atoms with Crippen LogP contribution >= 0.6 is 24.8 Å². The van der Waals surface area contributed by atoms with Crippen molar-refractivity contribution in [3.8, 4) is 0 Å². The van der Waals surface area contributed by atoms with Gasteiger partial charge in [0.1, 0.15) is 0 Å². The molecule has 0 unspecified atom stereocenters. The molecule has 1 saturated carbocycles. The fourth-order valence-corrected chi connectivity index (χ4v) is 5.25. The molecule has 1 heterocycles. The van der Waals surface area contributed by atoms with Crippen molar-refractivity contribution in [2.24, 2.45) is 11.1 Å². The van der Waals surface area contributed by atoms with Crippen LogP contribution in [0.1, 0.15) is 38.5 Å². The van der Waals surface area contributed by atoms with Gasteiger partial charge in [-0.3, -0.25) is 4.79 Å². The zero-order valence-electron chi connectivity index (χ0n) is 16.1. The van der Waals surface area contributed by atoms with Crippen molar-refractivity contribution in [3.63, 3.8) is 0 Å². The Morgan fingerprint density at radius 1 is 1.11 bits per heavy atom. The van der Waals surface area contributed by atoms with Crippen molar-refractivity contribution in [1.29, 1.82) is 0 Å². The summed E-state index contributed by atoms with van der Waals surface area (Å²) >= 11 is 0. The van der Waals surface area contributed by atoms with Crippen LogP contribution in [0.3, 0.4) is 0 Å². The highest BCUT2D eigenvalue weighted by atomic mass is 35.5. The van der Waals surface area contributed by atoms with Crippen LogP contribution in [0, 0.1) is 5.41 Å². The lowest BCUT2D eigenvalue weighted by molar-refractivity contribution is -0.118. The van der Waals surface area contributed by atoms with E-state index in [9.17, 15) is 13.2 Å². The first-order valence-corrected chi connectivity index (χ1v) is 11.3. The van der Waals surface area contributed by atoms with Crippen molar-refractivity contribution in [1.82, 2.24) is 0 Å². The molecule has 3 rings (SSSR count). The van der Waals surface area contributed by atoms with Gasteiger partial charge in [0.2, 0.25) is 5.91 Å². The number of nitrogens with one attached hydrogen (secondary N) is 1. The molecule has 1 aliphatic carbocycles. The molecule has 160 valence electrons. The van der Waals surface area contributed by atoms with Gasteiger partial charge >= 0.3 is 0 Å². The number of hydrogen-bond donors (Lipinski definition) is 2. The Hall–Kier alpha value is -1.02. The van der Waals surface area contributed by atoms with Gasteiger partial charge in [-0.05, 0) is 43.0 Å². The summed E-state index contributed by atoms with van der Waals surface area (Å²) in [5.74, 6) is 0.376. The van der Waals surface area contributed by atoms with Crippen LogP contribution in [0.5, 0.6) is 0 Å². The molecular formula is C19H31Cl2N3O3S. The number of amides is 1. The summed E-state index contributed by atoms with van der Waals surface area (Å²) < 4.78 is 23.2. The first-order valence-electron chi connectivity index (χ1n) is 9.47. The highest BCUT2D eigenvalue weighted by Gasteiger charge is 2.33. The number of nitrogens with two attached hydrogens (primary N) is 1. The summed E-state index contributed by atoms with van der Waals surface area (Å²) in [6.07, 6.45) is 6.06. The Balaban J connectivity index is 0.00000196. The Bertz CT molecular complexity index is 739. The maximum absolute atomic E-state index is 12.6. The van der Waals surface area contributed by atoms with Gasteiger partial charge in [0.05, 0.1) is 11.5 Å². The monoisotopic (exact) mass is 451 g/mol. The van der Waals surface area contributed by atoms with E-state index in [4.69, 9.17) is 5.73 Å². The molecule has 6 nitrogen and oxygen atoms in total. The van der Waals surface area contributed by atoms with E-state index in [1.807, 2.05) is 24.3 Å². The number of carbonyl (C=O) groups is 1. The maximum atomic E-state index is 12.6. The SMILES string of the molecule is Cl.Cl.NCC1(CC(=O)Nc2cccc(N3CCS(=O)(=O)CC3)c2)CCCCC1. The molecule has 1 aromatic rings. The van der Waals surface area contributed by atoms with Crippen molar-refractivity contribution in [2.75, 3.05) is 41.4 Å². The fourth-order valence-electron chi connectivity index (χ4n) is 4.05. The van der Waals surface area contributed by atoms with Gasteiger partial charge in [0.15, 0.2) is 9.84 Å². The fraction of sp³-hybridized carbons (Fsp3) is 0.632. The highest BCUT2D eigenvalue weighted by molar-refractivity contribution is 7.91. The molecule has 0 radical (unpaired) electrons. The third-order valence-electron chi connectivity index (χ3n) is 5.72. The second kappa shape index (κ2) is 10.7. The topological polar surface area (TPSA) is 92.5 Å². The summed E-state index contributed by atoms with van der Waals surface area (Å²) in [5.41, 5.74) is 7.64. The molecule has 1 saturated heterocycles. The number of anilines is 2. The van der Waals surface area contributed by atoms with Crippen LogP contribution in [0.4, 0.5) is 11.4 Å². The predicted molar refractivity (Wildman–Crippen MR) is 120 cm³/mol. The number of hydrogen-bond acceptors (Lipinski definition) is 5. The molecule has 28 heavy (non-hydrogen) atoms. The van der Waals surface area contributed by atoms with E-state index in [0.29, 0.717) is 26.1 Å². The molecule has 3 N–H and O–H groups in total. The Morgan fingerprint density at radius 3 is 2.36 bits per heavy atom. The van der Waals surface area contributed by atoms with Crippen molar-refractivity contribution in [3.05, 3.63) is 24.3 Å². The zero-order chi connectivity index (χ0) is 18.6.